The van der Waals surface area contributed by atoms with Gasteiger partial charge in [-0.05, 0) is 93.0 Å². The fourth-order valence-electron chi connectivity index (χ4n) is 4.34. The summed E-state index contributed by atoms with van der Waals surface area (Å²) in [5.41, 5.74) is 10.7. The van der Waals surface area contributed by atoms with Crippen LogP contribution in [0.25, 0.3) is 0 Å². The molecule has 2 nitrogen and oxygen atoms in total. The van der Waals surface area contributed by atoms with E-state index in [0.717, 1.165) is 11.7 Å². The van der Waals surface area contributed by atoms with Gasteiger partial charge in [0.2, 0.25) is 0 Å². The summed E-state index contributed by atoms with van der Waals surface area (Å²) in [4.78, 5) is 0. The van der Waals surface area contributed by atoms with Gasteiger partial charge in [0.1, 0.15) is 5.75 Å². The SMILES string of the molecule is CCOc1cc(C)c(C)cc1C(CN)C1CCC(C(C)(C)C)CC1. The lowest BCUT2D eigenvalue weighted by atomic mass is 9.66. The summed E-state index contributed by atoms with van der Waals surface area (Å²) < 4.78 is 5.97. The average Bonchev–Trinajstić information content (AvgIpc) is 2.52. The Kier molecular flexibility index (Phi) is 6.36. The van der Waals surface area contributed by atoms with Gasteiger partial charge in [-0.25, -0.2) is 0 Å². The molecule has 1 aromatic rings. The van der Waals surface area contributed by atoms with Gasteiger partial charge in [0, 0.05) is 5.92 Å². The van der Waals surface area contributed by atoms with Crippen LogP contribution in [-0.2, 0) is 0 Å². The Labute approximate surface area is 149 Å². The number of aryl methyl sites for hydroxylation is 2. The highest BCUT2D eigenvalue weighted by Gasteiger charge is 2.34. The van der Waals surface area contributed by atoms with Crippen LogP contribution in [-0.4, -0.2) is 13.2 Å². The number of rotatable bonds is 5. The topological polar surface area (TPSA) is 35.2 Å². The van der Waals surface area contributed by atoms with Crippen LogP contribution in [0.2, 0.25) is 0 Å². The first kappa shape index (κ1) is 19.3. The van der Waals surface area contributed by atoms with Crippen LogP contribution in [0.5, 0.6) is 5.75 Å². The molecular weight excluding hydrogens is 294 g/mol. The van der Waals surface area contributed by atoms with E-state index in [1.807, 2.05) is 0 Å². The molecule has 2 N–H and O–H groups in total. The lowest BCUT2D eigenvalue weighted by Gasteiger charge is -2.39. The minimum absolute atomic E-state index is 0.423. The molecule has 0 radical (unpaired) electrons. The van der Waals surface area contributed by atoms with Crippen molar-refractivity contribution < 1.29 is 4.74 Å². The van der Waals surface area contributed by atoms with Gasteiger partial charge in [-0.1, -0.05) is 26.8 Å². The van der Waals surface area contributed by atoms with E-state index in [9.17, 15) is 0 Å². The molecule has 0 bridgehead atoms. The molecule has 0 aromatic heterocycles. The summed E-state index contributed by atoms with van der Waals surface area (Å²) in [6.07, 6.45) is 5.25. The second-order valence-corrected chi connectivity index (χ2v) is 8.73. The standard InChI is InChI=1S/C22H37NO/c1-7-24-21-13-16(3)15(2)12-19(21)20(14-23)17-8-10-18(11-9-17)22(4,5)6/h12-13,17-18,20H,7-11,14,23H2,1-6H3. The molecule has 0 aliphatic heterocycles. The first-order valence-electron chi connectivity index (χ1n) is 9.71. The van der Waals surface area contributed by atoms with Crippen molar-refractivity contribution in [3.05, 3.63) is 28.8 Å². The van der Waals surface area contributed by atoms with Crippen LogP contribution in [0.1, 0.15) is 76.0 Å². The smallest absolute Gasteiger partial charge is 0.123 e. The number of benzene rings is 1. The van der Waals surface area contributed by atoms with Gasteiger partial charge in [0.05, 0.1) is 6.61 Å². The van der Waals surface area contributed by atoms with E-state index in [2.05, 4.69) is 53.7 Å². The molecule has 136 valence electrons. The molecule has 1 saturated carbocycles. The number of hydrogen-bond acceptors (Lipinski definition) is 2. The molecule has 24 heavy (non-hydrogen) atoms. The molecule has 2 rings (SSSR count). The van der Waals surface area contributed by atoms with Gasteiger partial charge < -0.3 is 10.5 Å². The molecular formula is C22H37NO. The number of nitrogens with two attached hydrogens (primary N) is 1. The molecule has 0 amide bonds. The third kappa shape index (κ3) is 4.33. The molecule has 2 heteroatoms. The summed E-state index contributed by atoms with van der Waals surface area (Å²) in [5.74, 6) is 3.01. The van der Waals surface area contributed by atoms with Crippen molar-refractivity contribution in [2.24, 2.45) is 23.0 Å². The van der Waals surface area contributed by atoms with E-state index in [4.69, 9.17) is 10.5 Å². The molecule has 1 aliphatic carbocycles. The Hall–Kier alpha value is -1.02. The van der Waals surface area contributed by atoms with Gasteiger partial charge >= 0.3 is 0 Å². The molecule has 0 heterocycles. The largest absolute Gasteiger partial charge is 0.494 e. The number of hydrogen-bond donors (Lipinski definition) is 1. The fourth-order valence-corrected chi connectivity index (χ4v) is 4.34. The summed E-state index contributed by atoms with van der Waals surface area (Å²) >= 11 is 0. The Morgan fingerprint density at radius 3 is 2.17 bits per heavy atom. The van der Waals surface area contributed by atoms with Crippen molar-refractivity contribution in [2.75, 3.05) is 13.2 Å². The van der Waals surface area contributed by atoms with Gasteiger partial charge in [-0.3, -0.25) is 0 Å². The molecule has 1 aromatic carbocycles. The maximum Gasteiger partial charge on any atom is 0.123 e. The van der Waals surface area contributed by atoms with Crippen molar-refractivity contribution in [3.8, 4) is 5.75 Å². The fraction of sp³-hybridized carbons (Fsp3) is 0.727. The first-order chi connectivity index (χ1) is 11.3. The van der Waals surface area contributed by atoms with Crippen molar-refractivity contribution in [3.63, 3.8) is 0 Å². The minimum atomic E-state index is 0.423. The van der Waals surface area contributed by atoms with E-state index in [1.54, 1.807) is 0 Å². The first-order valence-corrected chi connectivity index (χ1v) is 9.71. The van der Waals surface area contributed by atoms with E-state index in [1.165, 1.54) is 42.4 Å². The second kappa shape index (κ2) is 7.91. The zero-order valence-electron chi connectivity index (χ0n) is 16.6. The molecule has 1 unspecified atom stereocenters. The third-order valence-electron chi connectivity index (χ3n) is 6.14. The predicted molar refractivity (Wildman–Crippen MR) is 104 cm³/mol. The van der Waals surface area contributed by atoms with Crippen LogP contribution in [0.4, 0.5) is 0 Å². The molecule has 1 fully saturated rings. The Balaban J connectivity index is 2.22. The molecule has 1 aliphatic rings. The van der Waals surface area contributed by atoms with Crippen LogP contribution < -0.4 is 10.5 Å². The monoisotopic (exact) mass is 331 g/mol. The van der Waals surface area contributed by atoms with E-state index in [0.29, 0.717) is 30.4 Å². The van der Waals surface area contributed by atoms with Crippen LogP contribution in [0, 0.1) is 31.1 Å². The maximum atomic E-state index is 6.25. The van der Waals surface area contributed by atoms with Gasteiger partial charge in [0.25, 0.3) is 0 Å². The molecule has 0 spiro atoms. The number of ether oxygens (including phenoxy) is 1. The van der Waals surface area contributed by atoms with Crippen molar-refractivity contribution >= 4 is 0 Å². The van der Waals surface area contributed by atoms with Gasteiger partial charge in [-0.15, -0.1) is 0 Å². The zero-order chi connectivity index (χ0) is 17.9. The molecule has 0 saturated heterocycles. The summed E-state index contributed by atoms with van der Waals surface area (Å²) in [6.45, 7) is 15.0. The Bertz CT molecular complexity index is 536. The maximum absolute atomic E-state index is 6.25. The van der Waals surface area contributed by atoms with Gasteiger partial charge in [0.15, 0.2) is 0 Å². The zero-order valence-corrected chi connectivity index (χ0v) is 16.6. The van der Waals surface area contributed by atoms with Crippen LogP contribution in [0.15, 0.2) is 12.1 Å². The Morgan fingerprint density at radius 2 is 1.67 bits per heavy atom. The Morgan fingerprint density at radius 1 is 1.08 bits per heavy atom. The highest BCUT2D eigenvalue weighted by molar-refractivity contribution is 5.44. The van der Waals surface area contributed by atoms with Crippen LogP contribution in [0.3, 0.4) is 0 Å². The van der Waals surface area contributed by atoms with Crippen LogP contribution >= 0.6 is 0 Å². The van der Waals surface area contributed by atoms with Crippen molar-refractivity contribution in [1.29, 1.82) is 0 Å². The van der Waals surface area contributed by atoms with Crippen molar-refractivity contribution in [2.45, 2.75) is 73.1 Å². The minimum Gasteiger partial charge on any atom is -0.494 e. The average molecular weight is 332 g/mol. The molecule has 1 atom stereocenters. The predicted octanol–water partition coefficient (Wildman–Crippen LogP) is 5.60. The lowest BCUT2D eigenvalue weighted by molar-refractivity contribution is 0.139. The van der Waals surface area contributed by atoms with E-state index >= 15 is 0 Å². The second-order valence-electron chi connectivity index (χ2n) is 8.73. The van der Waals surface area contributed by atoms with E-state index in [-0.39, 0.29) is 0 Å². The third-order valence-corrected chi connectivity index (χ3v) is 6.14. The highest BCUT2D eigenvalue weighted by Crippen LogP contribution is 2.45. The van der Waals surface area contributed by atoms with Crippen molar-refractivity contribution in [1.82, 2.24) is 0 Å². The highest BCUT2D eigenvalue weighted by atomic mass is 16.5. The van der Waals surface area contributed by atoms with Gasteiger partial charge in [-0.2, -0.15) is 0 Å². The van der Waals surface area contributed by atoms with E-state index < -0.39 is 0 Å². The summed E-state index contributed by atoms with van der Waals surface area (Å²) in [5, 5.41) is 0. The normalized spacial score (nSPS) is 23.1. The summed E-state index contributed by atoms with van der Waals surface area (Å²) in [7, 11) is 0. The lowest BCUT2D eigenvalue weighted by Crippen LogP contribution is -2.30. The summed E-state index contributed by atoms with van der Waals surface area (Å²) in [6, 6.07) is 4.53. The quantitative estimate of drug-likeness (QED) is 0.762.